The molecular formula is C20H12ClFN3O2S2+. The van der Waals surface area contributed by atoms with E-state index in [4.69, 9.17) is 11.6 Å². The van der Waals surface area contributed by atoms with E-state index in [1.807, 2.05) is 17.5 Å². The van der Waals surface area contributed by atoms with Crippen LogP contribution in [-0.4, -0.2) is 14.5 Å². The Labute approximate surface area is 176 Å². The highest BCUT2D eigenvalue weighted by molar-refractivity contribution is 7.17. The van der Waals surface area contributed by atoms with Crippen molar-refractivity contribution in [3.05, 3.63) is 79.7 Å². The van der Waals surface area contributed by atoms with Gasteiger partial charge in [-0.3, -0.25) is 0 Å². The summed E-state index contributed by atoms with van der Waals surface area (Å²) < 4.78 is 18.9. The molecule has 0 aliphatic carbocycles. The third-order valence-electron chi connectivity index (χ3n) is 4.69. The van der Waals surface area contributed by atoms with E-state index >= 15 is 0 Å². The Bertz CT molecular complexity index is 1460. The van der Waals surface area contributed by atoms with Crippen molar-refractivity contribution in [2.24, 2.45) is 0 Å². The van der Waals surface area contributed by atoms with Gasteiger partial charge >= 0.3 is 11.2 Å². The molecule has 0 bridgehead atoms. The predicted molar refractivity (Wildman–Crippen MR) is 113 cm³/mol. The van der Waals surface area contributed by atoms with Gasteiger partial charge in [0.1, 0.15) is 18.6 Å². The van der Waals surface area contributed by atoms with Gasteiger partial charge < -0.3 is 5.11 Å². The summed E-state index contributed by atoms with van der Waals surface area (Å²) in [4.78, 5) is 18.1. The summed E-state index contributed by atoms with van der Waals surface area (Å²) in [5, 5.41) is 13.9. The number of hydrogen-bond donors (Lipinski definition) is 1. The lowest BCUT2D eigenvalue weighted by atomic mass is 10.1. The fourth-order valence-electron chi connectivity index (χ4n) is 3.43. The number of fused-ring (bicyclic) bond motifs is 3. The van der Waals surface area contributed by atoms with Crippen molar-refractivity contribution < 1.29 is 14.1 Å². The van der Waals surface area contributed by atoms with Crippen molar-refractivity contribution in [2.75, 3.05) is 0 Å². The molecule has 0 radical (unpaired) electrons. The first-order valence-electron chi connectivity index (χ1n) is 8.57. The molecule has 0 aliphatic heterocycles. The number of thiophene rings is 1. The number of rotatable bonds is 3. The van der Waals surface area contributed by atoms with E-state index in [2.05, 4.69) is 4.98 Å². The van der Waals surface area contributed by atoms with Gasteiger partial charge in [0.05, 0.1) is 10.3 Å². The SMILES string of the molecule is O=c1c(-c2ccccc2F)c(O)[n+](Cc2cnc(Cl)s2)c2c3ccsc3ccn12. The van der Waals surface area contributed by atoms with Crippen LogP contribution >= 0.6 is 34.3 Å². The fourth-order valence-corrected chi connectivity index (χ4v) is 5.17. The molecule has 9 heteroatoms. The standard InChI is InChI=1S/C20H11ClFN3O2S2/c21-20-23-9-11(29-20)10-25-17-13-6-8-28-15(13)5-7-24(17)18(26)16(19(25)27)12-3-1-2-4-14(12)22/h1-9H,10H2/p+1. The van der Waals surface area contributed by atoms with Gasteiger partial charge in [-0.15, -0.1) is 22.7 Å². The highest BCUT2D eigenvalue weighted by Crippen LogP contribution is 2.29. The van der Waals surface area contributed by atoms with Crippen molar-refractivity contribution in [3.8, 4) is 17.0 Å². The van der Waals surface area contributed by atoms with Crippen LogP contribution in [0.2, 0.25) is 4.47 Å². The molecule has 0 atom stereocenters. The zero-order chi connectivity index (χ0) is 20.1. The molecule has 0 unspecified atom stereocenters. The van der Waals surface area contributed by atoms with E-state index in [-0.39, 0.29) is 23.6 Å². The lowest BCUT2D eigenvalue weighted by Crippen LogP contribution is -2.41. The van der Waals surface area contributed by atoms with Crippen molar-refractivity contribution in [1.82, 2.24) is 9.38 Å². The Morgan fingerprint density at radius 3 is 2.83 bits per heavy atom. The smallest absolute Gasteiger partial charge is 0.354 e. The maximum atomic E-state index is 14.5. The Morgan fingerprint density at radius 1 is 1.24 bits per heavy atom. The largest absolute Gasteiger partial charge is 0.477 e. The molecule has 1 aromatic carbocycles. The lowest BCUT2D eigenvalue weighted by Gasteiger charge is -2.10. The van der Waals surface area contributed by atoms with Crippen LogP contribution in [0.4, 0.5) is 4.39 Å². The van der Waals surface area contributed by atoms with Crippen molar-refractivity contribution in [1.29, 1.82) is 0 Å². The first-order valence-corrected chi connectivity index (χ1v) is 10.6. The third-order valence-corrected chi connectivity index (χ3v) is 6.67. The summed E-state index contributed by atoms with van der Waals surface area (Å²) in [6.07, 6.45) is 3.27. The zero-order valence-electron chi connectivity index (χ0n) is 14.7. The minimum absolute atomic E-state index is 0.0471. The Hall–Kier alpha value is -2.81. The van der Waals surface area contributed by atoms with Gasteiger partial charge in [0.25, 0.3) is 5.88 Å². The normalized spacial score (nSPS) is 11.5. The molecule has 5 aromatic rings. The summed E-state index contributed by atoms with van der Waals surface area (Å²) >= 11 is 8.78. The van der Waals surface area contributed by atoms with Crippen LogP contribution in [0.25, 0.3) is 26.9 Å². The van der Waals surface area contributed by atoms with Gasteiger partial charge in [-0.2, -0.15) is 8.97 Å². The topological polar surface area (TPSA) is 58.5 Å². The summed E-state index contributed by atoms with van der Waals surface area (Å²) in [6.45, 7) is 0.233. The van der Waals surface area contributed by atoms with Crippen LogP contribution in [0.3, 0.4) is 0 Å². The summed E-state index contributed by atoms with van der Waals surface area (Å²) in [5.41, 5.74) is -0.0122. The fraction of sp³-hybridized carbons (Fsp3) is 0.0500. The number of pyridine rings is 1. The molecule has 4 aromatic heterocycles. The molecule has 1 N–H and O–H groups in total. The molecule has 5 nitrogen and oxygen atoms in total. The van der Waals surface area contributed by atoms with Crippen LogP contribution in [0, 0.1) is 5.82 Å². The second-order valence-electron chi connectivity index (χ2n) is 6.36. The summed E-state index contributed by atoms with van der Waals surface area (Å²) in [5.74, 6) is -0.882. The Morgan fingerprint density at radius 2 is 2.07 bits per heavy atom. The number of benzene rings is 1. The maximum Gasteiger partial charge on any atom is 0.354 e. The molecule has 0 aliphatic rings. The molecule has 29 heavy (non-hydrogen) atoms. The highest BCUT2D eigenvalue weighted by atomic mass is 35.5. The minimum atomic E-state index is -0.580. The summed E-state index contributed by atoms with van der Waals surface area (Å²) in [6, 6.07) is 9.64. The van der Waals surface area contributed by atoms with Gasteiger partial charge in [0.15, 0.2) is 10.0 Å². The van der Waals surface area contributed by atoms with E-state index in [0.717, 1.165) is 15.0 Å². The lowest BCUT2D eigenvalue weighted by molar-refractivity contribution is -0.670. The molecule has 0 fully saturated rings. The maximum absolute atomic E-state index is 14.5. The predicted octanol–water partition coefficient (Wildman–Crippen LogP) is 4.47. The number of thiazole rings is 1. The molecule has 0 saturated heterocycles. The van der Waals surface area contributed by atoms with Gasteiger partial charge in [0.2, 0.25) is 0 Å². The van der Waals surface area contributed by atoms with E-state index in [0.29, 0.717) is 10.1 Å². The van der Waals surface area contributed by atoms with E-state index in [1.165, 1.54) is 45.3 Å². The number of hydrogen-bond acceptors (Lipinski definition) is 5. The molecular weight excluding hydrogens is 433 g/mol. The van der Waals surface area contributed by atoms with Crippen LogP contribution in [0.1, 0.15) is 4.88 Å². The van der Waals surface area contributed by atoms with Crippen LogP contribution in [0.15, 0.2) is 59.0 Å². The van der Waals surface area contributed by atoms with Crippen LogP contribution in [0.5, 0.6) is 5.88 Å². The first kappa shape index (κ1) is 18.2. The summed E-state index contributed by atoms with van der Waals surface area (Å²) in [7, 11) is 0. The molecule has 0 saturated carbocycles. The van der Waals surface area contributed by atoms with E-state index < -0.39 is 11.4 Å². The molecule has 5 rings (SSSR count). The number of aromatic hydroxyl groups is 1. The first-order chi connectivity index (χ1) is 14.0. The van der Waals surface area contributed by atoms with Crippen molar-refractivity contribution in [3.63, 3.8) is 0 Å². The van der Waals surface area contributed by atoms with Crippen LogP contribution < -0.4 is 10.1 Å². The van der Waals surface area contributed by atoms with Crippen molar-refractivity contribution in [2.45, 2.75) is 6.54 Å². The number of nitrogens with zero attached hydrogens (tertiary/aromatic N) is 3. The van der Waals surface area contributed by atoms with Gasteiger partial charge in [0, 0.05) is 16.5 Å². The van der Waals surface area contributed by atoms with Crippen LogP contribution in [-0.2, 0) is 6.54 Å². The zero-order valence-corrected chi connectivity index (χ0v) is 17.1. The molecule has 4 heterocycles. The third kappa shape index (κ3) is 2.91. The van der Waals surface area contributed by atoms with E-state index in [9.17, 15) is 14.3 Å². The molecule has 0 amide bonds. The van der Waals surface area contributed by atoms with Gasteiger partial charge in [-0.25, -0.2) is 14.2 Å². The van der Waals surface area contributed by atoms with Gasteiger partial charge in [-0.1, -0.05) is 29.8 Å². The average Bonchev–Trinajstić information content (AvgIpc) is 3.35. The molecule has 144 valence electrons. The Balaban J connectivity index is 1.92. The highest BCUT2D eigenvalue weighted by Gasteiger charge is 2.28. The number of aromatic nitrogens is 3. The van der Waals surface area contributed by atoms with E-state index in [1.54, 1.807) is 23.0 Å². The minimum Gasteiger partial charge on any atom is -0.477 e. The monoisotopic (exact) mass is 444 g/mol. The van der Waals surface area contributed by atoms with Crippen molar-refractivity contribution >= 4 is 50.0 Å². The van der Waals surface area contributed by atoms with Gasteiger partial charge in [-0.05, 0) is 23.6 Å². The molecule has 0 spiro atoms. The average molecular weight is 445 g/mol. The second kappa shape index (κ2) is 6.91. The Kier molecular flexibility index (Phi) is 4.34. The second-order valence-corrected chi connectivity index (χ2v) is 9.00. The number of halogens is 2. The quantitative estimate of drug-likeness (QED) is 0.418.